The van der Waals surface area contributed by atoms with E-state index < -0.39 is 5.60 Å². The minimum absolute atomic E-state index is 0.0405. The molecule has 6 nitrogen and oxygen atoms in total. The number of nitrogens with one attached hydrogen (secondary N) is 2. The fraction of sp³-hybridized carbons (Fsp3) is 0.417. The van der Waals surface area contributed by atoms with E-state index >= 15 is 0 Å². The molecular weight excluding hydrogens is 380 g/mol. The Hall–Kier alpha value is -3.02. The standard InChI is InChI=1S/C24H28N2O4/c1-16-6-7-21-20(12-16)23(28)26-15-24(30-21)10-8-18(9-11-24)22(27)25-14-17-4-3-5-19(13-17)29-2/h3-7,12-13,18H,8-11,14-15H2,1-2H3,(H,25,27)(H,26,28). The maximum atomic E-state index is 12.7. The van der Waals surface area contributed by atoms with Crippen LogP contribution in [0.4, 0.5) is 0 Å². The number of rotatable bonds is 4. The Bertz CT molecular complexity index is 948. The first-order valence-electron chi connectivity index (χ1n) is 10.5. The maximum absolute atomic E-state index is 12.7. The van der Waals surface area contributed by atoms with E-state index in [0.717, 1.165) is 42.6 Å². The molecule has 1 aliphatic carbocycles. The van der Waals surface area contributed by atoms with Crippen LogP contribution in [0, 0.1) is 12.8 Å². The van der Waals surface area contributed by atoms with E-state index in [1.165, 1.54) is 0 Å². The Kier molecular flexibility index (Phi) is 5.66. The number of carbonyl (C=O) groups is 2. The van der Waals surface area contributed by atoms with Crippen LogP contribution in [0.3, 0.4) is 0 Å². The fourth-order valence-corrected chi connectivity index (χ4v) is 4.32. The quantitative estimate of drug-likeness (QED) is 0.813. The molecule has 4 rings (SSSR count). The molecule has 158 valence electrons. The largest absolute Gasteiger partial charge is 0.497 e. The second-order valence-corrected chi connectivity index (χ2v) is 8.31. The van der Waals surface area contributed by atoms with Gasteiger partial charge in [-0.1, -0.05) is 23.8 Å². The molecule has 1 heterocycles. The molecule has 0 atom stereocenters. The molecule has 1 saturated carbocycles. The molecule has 6 heteroatoms. The van der Waals surface area contributed by atoms with Gasteiger partial charge in [0.1, 0.15) is 17.1 Å². The number of ether oxygens (including phenoxy) is 2. The third-order valence-electron chi connectivity index (χ3n) is 6.15. The van der Waals surface area contributed by atoms with Gasteiger partial charge in [0.15, 0.2) is 0 Å². The van der Waals surface area contributed by atoms with Gasteiger partial charge in [-0.15, -0.1) is 0 Å². The molecule has 0 unspecified atom stereocenters. The molecule has 1 spiro atoms. The Balaban J connectivity index is 1.36. The third-order valence-corrected chi connectivity index (χ3v) is 6.15. The molecule has 30 heavy (non-hydrogen) atoms. The van der Waals surface area contributed by atoms with Crippen molar-refractivity contribution in [2.75, 3.05) is 13.7 Å². The monoisotopic (exact) mass is 408 g/mol. The maximum Gasteiger partial charge on any atom is 0.255 e. The molecule has 2 aromatic rings. The zero-order valence-corrected chi connectivity index (χ0v) is 17.5. The number of aryl methyl sites for hydroxylation is 1. The predicted octanol–water partition coefficient (Wildman–Crippen LogP) is 3.37. The van der Waals surface area contributed by atoms with Crippen LogP contribution < -0.4 is 20.1 Å². The van der Waals surface area contributed by atoms with Gasteiger partial charge in [0.05, 0.1) is 19.2 Å². The highest BCUT2D eigenvalue weighted by Gasteiger charge is 2.41. The lowest BCUT2D eigenvalue weighted by Crippen LogP contribution is -2.49. The molecular formula is C24H28N2O4. The topological polar surface area (TPSA) is 76.7 Å². The summed E-state index contributed by atoms with van der Waals surface area (Å²) in [5.41, 5.74) is 2.18. The molecule has 2 N–H and O–H groups in total. The van der Waals surface area contributed by atoms with Crippen LogP contribution in [0.15, 0.2) is 42.5 Å². The zero-order valence-electron chi connectivity index (χ0n) is 17.5. The van der Waals surface area contributed by atoms with Crippen LogP contribution in [0.25, 0.3) is 0 Å². The van der Waals surface area contributed by atoms with Crippen molar-refractivity contribution in [3.63, 3.8) is 0 Å². The summed E-state index contributed by atoms with van der Waals surface area (Å²) in [6, 6.07) is 13.4. The molecule has 2 amide bonds. The van der Waals surface area contributed by atoms with E-state index in [4.69, 9.17) is 9.47 Å². The molecule has 0 bridgehead atoms. The Morgan fingerprint density at radius 2 is 2.03 bits per heavy atom. The first-order valence-corrected chi connectivity index (χ1v) is 10.5. The van der Waals surface area contributed by atoms with Gasteiger partial charge >= 0.3 is 0 Å². The number of benzene rings is 2. The van der Waals surface area contributed by atoms with Crippen molar-refractivity contribution in [2.24, 2.45) is 5.92 Å². The van der Waals surface area contributed by atoms with Gasteiger partial charge in [0, 0.05) is 12.5 Å². The van der Waals surface area contributed by atoms with Gasteiger partial charge in [0.2, 0.25) is 5.91 Å². The van der Waals surface area contributed by atoms with Crippen LogP contribution in [0.1, 0.15) is 47.2 Å². The molecule has 1 fully saturated rings. The van der Waals surface area contributed by atoms with Gasteiger partial charge in [-0.3, -0.25) is 9.59 Å². The van der Waals surface area contributed by atoms with E-state index in [9.17, 15) is 9.59 Å². The summed E-state index contributed by atoms with van der Waals surface area (Å²) >= 11 is 0. The molecule has 0 aromatic heterocycles. The summed E-state index contributed by atoms with van der Waals surface area (Å²) in [5, 5.41) is 6.06. The minimum atomic E-state index is -0.445. The van der Waals surface area contributed by atoms with Crippen LogP contribution in [-0.2, 0) is 11.3 Å². The summed E-state index contributed by atoms with van der Waals surface area (Å²) in [7, 11) is 1.63. The van der Waals surface area contributed by atoms with Crippen LogP contribution in [-0.4, -0.2) is 31.1 Å². The predicted molar refractivity (Wildman–Crippen MR) is 114 cm³/mol. The van der Waals surface area contributed by atoms with Gasteiger partial charge in [-0.25, -0.2) is 0 Å². The Morgan fingerprint density at radius 1 is 1.23 bits per heavy atom. The van der Waals surface area contributed by atoms with Gasteiger partial charge in [-0.2, -0.15) is 0 Å². The summed E-state index contributed by atoms with van der Waals surface area (Å²) in [5.74, 6) is 1.35. The SMILES string of the molecule is COc1cccc(CNC(=O)C2CCC3(CC2)CNC(=O)c2cc(C)ccc2O3)c1. The highest BCUT2D eigenvalue weighted by Crippen LogP contribution is 2.38. The molecule has 2 aromatic carbocycles. The van der Waals surface area contributed by atoms with Crippen LogP contribution in [0.5, 0.6) is 11.5 Å². The zero-order chi connectivity index (χ0) is 21.1. The number of fused-ring (bicyclic) bond motifs is 1. The Morgan fingerprint density at radius 3 is 2.80 bits per heavy atom. The van der Waals surface area contributed by atoms with Crippen LogP contribution >= 0.6 is 0 Å². The fourth-order valence-electron chi connectivity index (χ4n) is 4.32. The van der Waals surface area contributed by atoms with Crippen molar-refractivity contribution in [2.45, 2.75) is 44.8 Å². The van der Waals surface area contributed by atoms with Gasteiger partial charge in [0.25, 0.3) is 5.91 Å². The van der Waals surface area contributed by atoms with Gasteiger partial charge < -0.3 is 20.1 Å². The lowest BCUT2D eigenvalue weighted by atomic mass is 9.78. The smallest absolute Gasteiger partial charge is 0.255 e. The molecule has 0 radical (unpaired) electrons. The Labute approximate surface area is 177 Å². The number of hydrogen-bond acceptors (Lipinski definition) is 4. The average molecular weight is 408 g/mol. The molecule has 2 aliphatic rings. The molecule has 1 aliphatic heterocycles. The van der Waals surface area contributed by atoms with Crippen molar-refractivity contribution >= 4 is 11.8 Å². The normalized spacial score (nSPS) is 23.0. The van der Waals surface area contributed by atoms with E-state index in [0.29, 0.717) is 24.4 Å². The lowest BCUT2D eigenvalue weighted by Gasteiger charge is -2.39. The number of methoxy groups -OCH3 is 1. The van der Waals surface area contributed by atoms with Crippen molar-refractivity contribution in [1.82, 2.24) is 10.6 Å². The van der Waals surface area contributed by atoms with Crippen molar-refractivity contribution in [3.8, 4) is 11.5 Å². The first-order chi connectivity index (χ1) is 14.5. The average Bonchev–Trinajstić information content (AvgIpc) is 2.90. The van der Waals surface area contributed by atoms with Crippen LogP contribution in [0.2, 0.25) is 0 Å². The first kappa shape index (κ1) is 20.3. The van der Waals surface area contributed by atoms with E-state index in [1.54, 1.807) is 7.11 Å². The highest BCUT2D eigenvalue weighted by molar-refractivity contribution is 5.97. The summed E-state index contributed by atoms with van der Waals surface area (Å²) in [4.78, 5) is 25.2. The number of amides is 2. The highest BCUT2D eigenvalue weighted by atomic mass is 16.5. The van der Waals surface area contributed by atoms with E-state index in [2.05, 4.69) is 10.6 Å². The summed E-state index contributed by atoms with van der Waals surface area (Å²) in [6.45, 7) is 2.91. The molecule has 0 saturated heterocycles. The van der Waals surface area contributed by atoms with Crippen molar-refractivity contribution in [3.05, 3.63) is 59.2 Å². The minimum Gasteiger partial charge on any atom is -0.497 e. The van der Waals surface area contributed by atoms with Gasteiger partial charge in [-0.05, 0) is 62.4 Å². The van der Waals surface area contributed by atoms with Crippen molar-refractivity contribution in [1.29, 1.82) is 0 Å². The number of carbonyl (C=O) groups excluding carboxylic acids is 2. The van der Waals surface area contributed by atoms with Crippen molar-refractivity contribution < 1.29 is 19.1 Å². The summed E-state index contributed by atoms with van der Waals surface area (Å²) < 4.78 is 11.6. The summed E-state index contributed by atoms with van der Waals surface area (Å²) in [6.07, 6.45) is 2.94. The third kappa shape index (κ3) is 4.27. The number of hydrogen-bond donors (Lipinski definition) is 2. The second kappa shape index (κ2) is 8.38. The van der Waals surface area contributed by atoms with E-state index in [-0.39, 0.29) is 17.7 Å². The second-order valence-electron chi connectivity index (χ2n) is 8.31. The van der Waals surface area contributed by atoms with E-state index in [1.807, 2.05) is 49.4 Å². The lowest BCUT2D eigenvalue weighted by molar-refractivity contribution is -0.127.